The van der Waals surface area contributed by atoms with Crippen molar-refractivity contribution in [3.8, 4) is 17.2 Å². The summed E-state index contributed by atoms with van der Waals surface area (Å²) >= 11 is 0. The normalized spacial score (nSPS) is 9.95. The van der Waals surface area contributed by atoms with E-state index in [9.17, 15) is 9.90 Å². The Hall–Kier alpha value is -2.56. The fraction of sp³-hybridized carbons (Fsp3) is 0.143. The summed E-state index contributed by atoms with van der Waals surface area (Å²) in [7, 11) is 1.60. The zero-order valence-electron chi connectivity index (χ0n) is 10.4. The van der Waals surface area contributed by atoms with Crippen molar-refractivity contribution in [2.24, 2.45) is 0 Å². The van der Waals surface area contributed by atoms with Gasteiger partial charge >= 0.3 is 0 Å². The highest BCUT2D eigenvalue weighted by atomic mass is 16.5. The number of methoxy groups -OCH3 is 1. The van der Waals surface area contributed by atoms with Gasteiger partial charge in [-0.2, -0.15) is 0 Å². The van der Waals surface area contributed by atoms with Crippen LogP contribution in [0.15, 0.2) is 36.5 Å². The van der Waals surface area contributed by atoms with Crippen LogP contribution in [0.2, 0.25) is 0 Å². The van der Waals surface area contributed by atoms with Crippen molar-refractivity contribution in [2.45, 2.75) is 6.61 Å². The molecule has 0 saturated heterocycles. The lowest BCUT2D eigenvalue weighted by Crippen LogP contribution is -1.97. The molecule has 98 valence electrons. The molecule has 0 radical (unpaired) electrons. The summed E-state index contributed by atoms with van der Waals surface area (Å²) in [5, 5.41) is 9.57. The summed E-state index contributed by atoms with van der Waals surface area (Å²) in [4.78, 5) is 14.3. The number of carbonyl (C=O) groups is 1. The molecule has 2 aromatic rings. The van der Waals surface area contributed by atoms with E-state index in [-0.39, 0.29) is 23.8 Å². The Morgan fingerprint density at radius 3 is 2.68 bits per heavy atom. The first-order valence-corrected chi connectivity index (χ1v) is 5.63. The molecule has 0 bridgehead atoms. The van der Waals surface area contributed by atoms with E-state index in [4.69, 9.17) is 9.47 Å². The minimum Gasteiger partial charge on any atom is -0.503 e. The number of carbonyl (C=O) groups excluding carboxylic acids is 1. The second kappa shape index (κ2) is 5.86. The van der Waals surface area contributed by atoms with Crippen LogP contribution in [-0.2, 0) is 6.61 Å². The van der Waals surface area contributed by atoms with Crippen LogP contribution in [0.4, 0.5) is 0 Å². The summed E-state index contributed by atoms with van der Waals surface area (Å²) in [5.74, 6) is 0.894. The minimum absolute atomic E-state index is 0.0980. The molecule has 0 fully saturated rings. The number of benzene rings is 1. The fourth-order valence-corrected chi connectivity index (χ4v) is 1.51. The molecule has 0 aliphatic carbocycles. The molecule has 0 aliphatic heterocycles. The zero-order chi connectivity index (χ0) is 13.7. The third-order valence-corrected chi connectivity index (χ3v) is 2.54. The van der Waals surface area contributed by atoms with Crippen LogP contribution < -0.4 is 9.47 Å². The lowest BCUT2D eigenvalue weighted by molar-refractivity contribution is 0.111. The highest BCUT2D eigenvalue weighted by molar-refractivity contribution is 5.73. The van der Waals surface area contributed by atoms with E-state index in [0.717, 1.165) is 11.3 Å². The minimum atomic E-state index is -0.0980. The SMILES string of the molecule is COc1ccc(COc2cc(C=O)ncc2O)cc1. The van der Waals surface area contributed by atoms with Crippen molar-refractivity contribution in [1.82, 2.24) is 4.98 Å². The van der Waals surface area contributed by atoms with Gasteiger partial charge in [0.15, 0.2) is 17.8 Å². The Kier molecular flexibility index (Phi) is 3.97. The molecule has 0 spiro atoms. The van der Waals surface area contributed by atoms with Crippen molar-refractivity contribution >= 4 is 6.29 Å². The van der Waals surface area contributed by atoms with Gasteiger partial charge in [0, 0.05) is 6.07 Å². The van der Waals surface area contributed by atoms with Crippen molar-refractivity contribution in [1.29, 1.82) is 0 Å². The predicted molar refractivity (Wildman–Crippen MR) is 68.6 cm³/mol. The van der Waals surface area contributed by atoms with Gasteiger partial charge in [-0.3, -0.25) is 4.79 Å². The smallest absolute Gasteiger partial charge is 0.176 e. The fourth-order valence-electron chi connectivity index (χ4n) is 1.51. The van der Waals surface area contributed by atoms with Crippen molar-refractivity contribution in [3.05, 3.63) is 47.8 Å². The standard InChI is InChI=1S/C14H13NO4/c1-18-12-4-2-10(3-5-12)9-19-14-6-11(8-16)15-7-13(14)17/h2-8,17H,9H2,1H3. The van der Waals surface area contributed by atoms with Crippen LogP contribution >= 0.6 is 0 Å². The van der Waals surface area contributed by atoms with Gasteiger partial charge < -0.3 is 14.6 Å². The number of rotatable bonds is 5. The lowest BCUT2D eigenvalue weighted by Gasteiger charge is -2.08. The van der Waals surface area contributed by atoms with Gasteiger partial charge in [-0.25, -0.2) is 4.98 Å². The number of aromatic hydroxyl groups is 1. The Bertz CT molecular complexity index is 566. The third kappa shape index (κ3) is 3.22. The molecule has 2 rings (SSSR count). The van der Waals surface area contributed by atoms with E-state index in [1.165, 1.54) is 12.3 Å². The first-order chi connectivity index (χ1) is 9.22. The number of ether oxygens (including phenoxy) is 2. The van der Waals surface area contributed by atoms with E-state index < -0.39 is 0 Å². The Balaban J connectivity index is 2.07. The first kappa shape index (κ1) is 12.9. The van der Waals surface area contributed by atoms with Crippen molar-refractivity contribution in [2.75, 3.05) is 7.11 Å². The molecule has 0 amide bonds. The quantitative estimate of drug-likeness (QED) is 0.833. The van der Waals surface area contributed by atoms with E-state index >= 15 is 0 Å². The summed E-state index contributed by atoms with van der Waals surface area (Å²) in [6.45, 7) is 0.278. The number of aldehydes is 1. The average Bonchev–Trinajstić information content (AvgIpc) is 2.47. The summed E-state index contributed by atoms with van der Waals surface area (Å²) in [5.41, 5.74) is 1.13. The molecule has 5 nitrogen and oxygen atoms in total. The Morgan fingerprint density at radius 2 is 2.05 bits per heavy atom. The average molecular weight is 259 g/mol. The summed E-state index contributed by atoms with van der Waals surface area (Å²) in [6, 6.07) is 8.76. The van der Waals surface area contributed by atoms with Gasteiger partial charge in [-0.15, -0.1) is 0 Å². The number of aromatic nitrogens is 1. The van der Waals surface area contributed by atoms with Gasteiger partial charge in [0.05, 0.1) is 13.3 Å². The maximum atomic E-state index is 10.6. The molecule has 0 unspecified atom stereocenters. The van der Waals surface area contributed by atoms with Gasteiger partial charge in [0.1, 0.15) is 18.1 Å². The molecule has 5 heteroatoms. The monoisotopic (exact) mass is 259 g/mol. The molecule has 0 saturated carbocycles. The van der Waals surface area contributed by atoms with Gasteiger partial charge in [0.25, 0.3) is 0 Å². The van der Waals surface area contributed by atoms with Crippen LogP contribution in [0.5, 0.6) is 17.2 Å². The Morgan fingerprint density at radius 1 is 1.32 bits per heavy atom. The zero-order valence-corrected chi connectivity index (χ0v) is 10.4. The second-order valence-corrected chi connectivity index (χ2v) is 3.83. The molecule has 1 aromatic carbocycles. The maximum Gasteiger partial charge on any atom is 0.176 e. The molecule has 19 heavy (non-hydrogen) atoms. The van der Waals surface area contributed by atoms with Gasteiger partial charge in [-0.05, 0) is 17.7 Å². The predicted octanol–water partition coefficient (Wildman–Crippen LogP) is 2.19. The van der Waals surface area contributed by atoms with E-state index in [2.05, 4.69) is 4.98 Å². The number of pyridine rings is 1. The molecular weight excluding hydrogens is 246 g/mol. The number of hydrogen-bond donors (Lipinski definition) is 1. The molecule has 1 aromatic heterocycles. The largest absolute Gasteiger partial charge is 0.503 e. The van der Waals surface area contributed by atoms with E-state index in [0.29, 0.717) is 6.29 Å². The number of hydrogen-bond acceptors (Lipinski definition) is 5. The van der Waals surface area contributed by atoms with Crippen LogP contribution in [0.3, 0.4) is 0 Å². The van der Waals surface area contributed by atoms with Gasteiger partial charge in [0.2, 0.25) is 0 Å². The van der Waals surface area contributed by atoms with E-state index in [1.54, 1.807) is 7.11 Å². The Labute approximate surface area is 110 Å². The van der Waals surface area contributed by atoms with Gasteiger partial charge in [-0.1, -0.05) is 12.1 Å². The second-order valence-electron chi connectivity index (χ2n) is 3.83. The molecular formula is C14H13NO4. The molecule has 1 N–H and O–H groups in total. The first-order valence-electron chi connectivity index (χ1n) is 5.63. The maximum absolute atomic E-state index is 10.6. The topological polar surface area (TPSA) is 68.7 Å². The third-order valence-electron chi connectivity index (χ3n) is 2.54. The number of nitrogens with zero attached hydrogens (tertiary/aromatic N) is 1. The van der Waals surface area contributed by atoms with Crippen LogP contribution in [-0.4, -0.2) is 23.5 Å². The summed E-state index contributed by atoms with van der Waals surface area (Å²) < 4.78 is 10.5. The highest BCUT2D eigenvalue weighted by Crippen LogP contribution is 2.25. The lowest BCUT2D eigenvalue weighted by atomic mass is 10.2. The molecule has 0 aliphatic rings. The van der Waals surface area contributed by atoms with E-state index in [1.807, 2.05) is 24.3 Å². The molecule has 0 atom stereocenters. The van der Waals surface area contributed by atoms with Crippen LogP contribution in [0.1, 0.15) is 16.1 Å². The van der Waals surface area contributed by atoms with Crippen LogP contribution in [0.25, 0.3) is 0 Å². The van der Waals surface area contributed by atoms with Crippen molar-refractivity contribution < 1.29 is 19.4 Å². The van der Waals surface area contributed by atoms with Crippen LogP contribution in [0, 0.1) is 0 Å². The summed E-state index contributed by atoms with van der Waals surface area (Å²) in [6.07, 6.45) is 1.78. The van der Waals surface area contributed by atoms with Crippen molar-refractivity contribution in [3.63, 3.8) is 0 Å². The highest BCUT2D eigenvalue weighted by Gasteiger charge is 2.05. The molecule has 1 heterocycles.